The number of pyridine rings is 1. The average Bonchev–Trinajstić information content (AvgIpc) is 2.54. The molecule has 0 saturated heterocycles. The molecule has 1 aliphatic rings. The first-order valence-corrected chi connectivity index (χ1v) is 5.49. The molecule has 0 saturated carbocycles. The van der Waals surface area contributed by atoms with E-state index in [-0.39, 0.29) is 16.8 Å². The molecule has 19 heavy (non-hydrogen) atoms. The highest BCUT2D eigenvalue weighted by Crippen LogP contribution is 2.33. The third-order valence-electron chi connectivity index (χ3n) is 2.78. The summed E-state index contributed by atoms with van der Waals surface area (Å²) < 4.78 is 0. The monoisotopic (exact) mass is 257 g/mol. The van der Waals surface area contributed by atoms with E-state index in [2.05, 4.69) is 15.6 Å². The first-order valence-electron chi connectivity index (χ1n) is 5.49. The number of carbonyl (C=O) groups is 1. The van der Waals surface area contributed by atoms with Gasteiger partial charge in [0.25, 0.3) is 5.91 Å². The number of amides is 1. The Bertz CT molecular complexity index is 657. The number of aromatic nitrogens is 1. The topological polar surface area (TPSA) is 101 Å². The van der Waals surface area contributed by atoms with Crippen molar-refractivity contribution in [2.24, 2.45) is 0 Å². The van der Waals surface area contributed by atoms with Crippen LogP contribution in [0.3, 0.4) is 0 Å². The van der Waals surface area contributed by atoms with Crippen LogP contribution in [0.5, 0.6) is 0 Å². The van der Waals surface area contributed by atoms with Crippen LogP contribution in [0.25, 0.3) is 0 Å². The molecule has 7 nitrogen and oxygen atoms in total. The van der Waals surface area contributed by atoms with E-state index < -0.39 is 0 Å². The van der Waals surface area contributed by atoms with Gasteiger partial charge in [0.1, 0.15) is 5.82 Å². The Labute approximate surface area is 108 Å². The summed E-state index contributed by atoms with van der Waals surface area (Å²) in [4.78, 5) is 16.1. The van der Waals surface area contributed by atoms with Crippen molar-refractivity contribution in [1.82, 2.24) is 4.98 Å². The molecule has 1 aromatic carbocycles. The van der Waals surface area contributed by atoms with Crippen LogP contribution < -0.4 is 15.9 Å². The lowest BCUT2D eigenvalue weighted by molar-refractivity contribution is 0.102. The molecule has 3 N–H and O–H groups in total. The van der Waals surface area contributed by atoms with Gasteiger partial charge in [-0.15, -0.1) is 0 Å². The highest BCUT2D eigenvalue weighted by atomic mass is 16.8. The van der Waals surface area contributed by atoms with Gasteiger partial charge in [-0.1, -0.05) is 0 Å². The number of rotatable bonds is 1. The Kier molecular flexibility index (Phi) is 2.55. The first kappa shape index (κ1) is 11.5. The molecule has 0 bridgehead atoms. The van der Waals surface area contributed by atoms with Crippen molar-refractivity contribution in [2.45, 2.75) is 0 Å². The minimum atomic E-state index is -0.332. The molecule has 1 amide bonds. The summed E-state index contributed by atoms with van der Waals surface area (Å²) in [7, 11) is 0. The van der Waals surface area contributed by atoms with Gasteiger partial charge in [0, 0.05) is 6.20 Å². The fraction of sp³-hybridized carbons (Fsp3) is 0. The lowest BCUT2D eigenvalue weighted by Gasteiger charge is -2.22. The molecular formula is C12H9N4O3-. The van der Waals surface area contributed by atoms with Crippen molar-refractivity contribution >= 4 is 28.8 Å². The van der Waals surface area contributed by atoms with Crippen LogP contribution in [0.1, 0.15) is 10.4 Å². The molecule has 3 rings (SSSR count). The molecule has 0 radical (unpaired) electrons. The normalized spacial score (nSPS) is 12.6. The second kappa shape index (κ2) is 4.23. The zero-order valence-electron chi connectivity index (χ0n) is 9.62. The predicted octanol–water partition coefficient (Wildman–Crippen LogP) is 2.08. The van der Waals surface area contributed by atoms with E-state index in [1.54, 1.807) is 24.4 Å². The number of nitrogens with zero attached hydrogens (tertiary/aromatic N) is 2. The second-order valence-electron chi connectivity index (χ2n) is 3.98. The average molecular weight is 257 g/mol. The summed E-state index contributed by atoms with van der Waals surface area (Å²) in [5.41, 5.74) is 1.43. The van der Waals surface area contributed by atoms with E-state index in [0.717, 1.165) is 0 Å². The van der Waals surface area contributed by atoms with Crippen LogP contribution in [-0.2, 0) is 0 Å². The van der Waals surface area contributed by atoms with Gasteiger partial charge >= 0.3 is 0 Å². The van der Waals surface area contributed by atoms with Crippen LogP contribution in [0, 0.1) is 5.21 Å². The summed E-state index contributed by atoms with van der Waals surface area (Å²) in [5, 5.41) is 25.1. The van der Waals surface area contributed by atoms with Gasteiger partial charge in [-0.3, -0.25) is 10.0 Å². The van der Waals surface area contributed by atoms with E-state index >= 15 is 0 Å². The Morgan fingerprint density at radius 3 is 2.84 bits per heavy atom. The van der Waals surface area contributed by atoms with Crippen molar-refractivity contribution in [2.75, 3.05) is 15.9 Å². The van der Waals surface area contributed by atoms with Gasteiger partial charge in [-0.25, -0.2) is 4.98 Å². The van der Waals surface area contributed by atoms with E-state index in [0.29, 0.717) is 22.8 Å². The van der Waals surface area contributed by atoms with Crippen LogP contribution in [0.2, 0.25) is 0 Å². The fourth-order valence-corrected chi connectivity index (χ4v) is 1.87. The van der Waals surface area contributed by atoms with Gasteiger partial charge < -0.3 is 21.1 Å². The molecule has 0 aliphatic carbocycles. The lowest BCUT2D eigenvalue weighted by Crippen LogP contribution is -2.12. The van der Waals surface area contributed by atoms with E-state index in [1.165, 1.54) is 12.1 Å². The van der Waals surface area contributed by atoms with Crippen molar-refractivity contribution in [3.05, 3.63) is 47.3 Å². The Hall–Kier alpha value is -2.64. The number of anilines is 4. The standard InChI is InChI=1S/C12H9N4O3/c17-12-8-2-1-5-13-11(8)14-9-4-3-7(16(18)19)6-10(9)15-12/h1-6,18H,(H,13,14)(H,15,17)/q-1. The Balaban J connectivity index is 2.09. The maximum Gasteiger partial charge on any atom is 0.259 e. The second-order valence-corrected chi connectivity index (χ2v) is 3.98. The van der Waals surface area contributed by atoms with Crippen molar-refractivity contribution in [3.8, 4) is 0 Å². The molecule has 1 aromatic heterocycles. The summed E-state index contributed by atoms with van der Waals surface area (Å²) in [6, 6.07) is 7.69. The maximum atomic E-state index is 12.0. The van der Waals surface area contributed by atoms with Gasteiger partial charge in [-0.05, 0) is 30.3 Å². The number of nitrogens with one attached hydrogen (secondary N) is 2. The molecule has 0 spiro atoms. The zero-order chi connectivity index (χ0) is 13.4. The molecule has 1 aliphatic heterocycles. The van der Waals surface area contributed by atoms with Gasteiger partial charge in [0.2, 0.25) is 0 Å². The number of benzene rings is 1. The number of fused-ring (bicyclic) bond motifs is 2. The third kappa shape index (κ3) is 1.96. The van der Waals surface area contributed by atoms with Crippen LogP contribution >= 0.6 is 0 Å². The minimum absolute atomic E-state index is 0.0276. The number of hydrogen-bond donors (Lipinski definition) is 3. The first-order chi connectivity index (χ1) is 9.15. The fourth-order valence-electron chi connectivity index (χ4n) is 1.87. The van der Waals surface area contributed by atoms with Gasteiger partial charge in [-0.2, -0.15) is 0 Å². The van der Waals surface area contributed by atoms with Crippen molar-refractivity contribution < 1.29 is 10.0 Å². The smallest absolute Gasteiger partial charge is 0.259 e. The van der Waals surface area contributed by atoms with Crippen LogP contribution in [0.4, 0.5) is 22.9 Å². The summed E-state index contributed by atoms with van der Waals surface area (Å²) in [5.74, 6) is 0.108. The lowest BCUT2D eigenvalue weighted by atomic mass is 10.2. The van der Waals surface area contributed by atoms with Crippen LogP contribution in [-0.4, -0.2) is 16.1 Å². The quantitative estimate of drug-likeness (QED) is 0.676. The molecule has 0 fully saturated rings. The largest absolute Gasteiger partial charge is 0.733 e. The summed E-state index contributed by atoms with van der Waals surface area (Å²) in [6.07, 6.45) is 1.57. The molecule has 7 heteroatoms. The SMILES string of the molecule is O=C1Nc2cc(N([O-])O)ccc2Nc2ncccc21. The Morgan fingerprint density at radius 2 is 2.05 bits per heavy atom. The highest BCUT2D eigenvalue weighted by Gasteiger charge is 2.19. The van der Waals surface area contributed by atoms with E-state index in [9.17, 15) is 10.0 Å². The molecule has 2 heterocycles. The van der Waals surface area contributed by atoms with Crippen molar-refractivity contribution in [3.63, 3.8) is 0 Å². The zero-order valence-corrected chi connectivity index (χ0v) is 9.62. The van der Waals surface area contributed by atoms with E-state index in [1.807, 2.05) is 0 Å². The highest BCUT2D eigenvalue weighted by molar-refractivity contribution is 6.11. The van der Waals surface area contributed by atoms with Gasteiger partial charge in [0.05, 0.1) is 22.6 Å². The minimum Gasteiger partial charge on any atom is -0.733 e. The van der Waals surface area contributed by atoms with Gasteiger partial charge in [0.15, 0.2) is 0 Å². The Morgan fingerprint density at radius 1 is 1.21 bits per heavy atom. The number of carbonyl (C=O) groups excluding carboxylic acids is 1. The molecule has 2 aromatic rings. The molecule has 0 unspecified atom stereocenters. The molecule has 0 atom stereocenters. The molecular weight excluding hydrogens is 248 g/mol. The third-order valence-corrected chi connectivity index (χ3v) is 2.78. The number of hydrogen-bond acceptors (Lipinski definition) is 6. The van der Waals surface area contributed by atoms with Crippen molar-refractivity contribution in [1.29, 1.82) is 0 Å². The predicted molar refractivity (Wildman–Crippen MR) is 69.5 cm³/mol. The summed E-state index contributed by atoms with van der Waals surface area (Å²) >= 11 is 0. The maximum absolute atomic E-state index is 12.0. The van der Waals surface area contributed by atoms with E-state index in [4.69, 9.17) is 5.21 Å². The molecule has 96 valence electrons. The summed E-state index contributed by atoms with van der Waals surface area (Å²) in [6.45, 7) is 0. The van der Waals surface area contributed by atoms with Crippen LogP contribution in [0.15, 0.2) is 36.5 Å².